The van der Waals surface area contributed by atoms with Gasteiger partial charge in [-0.3, -0.25) is 4.99 Å². The predicted molar refractivity (Wildman–Crippen MR) is 112 cm³/mol. The average Bonchev–Trinajstić information content (AvgIpc) is 2.56. The molecule has 1 aromatic rings. The Hall–Kier alpha value is -1.02. The highest BCUT2D eigenvalue weighted by molar-refractivity contribution is 14.0. The highest BCUT2D eigenvalue weighted by Gasteiger charge is 1.99. The van der Waals surface area contributed by atoms with E-state index in [2.05, 4.69) is 41.6 Å². The van der Waals surface area contributed by atoms with Gasteiger partial charge < -0.3 is 20.1 Å². The van der Waals surface area contributed by atoms with Crippen LogP contribution < -0.4 is 15.4 Å². The third-order valence-electron chi connectivity index (χ3n) is 3.44. The molecule has 0 aliphatic heterocycles. The number of hydrogen-bond donors (Lipinski definition) is 2. The molecule has 1 aromatic carbocycles. The molecule has 24 heavy (non-hydrogen) atoms. The van der Waals surface area contributed by atoms with Crippen molar-refractivity contribution in [2.75, 3.05) is 40.5 Å². The number of methoxy groups -OCH3 is 1. The van der Waals surface area contributed by atoms with Gasteiger partial charge in [-0.25, -0.2) is 0 Å². The number of rotatable bonds is 10. The second-order valence-electron chi connectivity index (χ2n) is 5.82. The van der Waals surface area contributed by atoms with Crippen LogP contribution in [0, 0.1) is 5.92 Å². The second kappa shape index (κ2) is 14.3. The molecule has 0 atom stereocenters. The van der Waals surface area contributed by atoms with Gasteiger partial charge in [0.1, 0.15) is 5.75 Å². The number of halogens is 1. The molecule has 2 N–H and O–H groups in total. The Morgan fingerprint density at radius 3 is 2.58 bits per heavy atom. The summed E-state index contributed by atoms with van der Waals surface area (Å²) in [6.45, 7) is 7.51. The van der Waals surface area contributed by atoms with Gasteiger partial charge in [0, 0.05) is 26.7 Å². The van der Waals surface area contributed by atoms with Gasteiger partial charge in [0.05, 0.1) is 13.7 Å². The van der Waals surface area contributed by atoms with Crippen LogP contribution >= 0.6 is 24.0 Å². The van der Waals surface area contributed by atoms with Crippen LogP contribution in [0.4, 0.5) is 0 Å². The number of guanidine groups is 1. The van der Waals surface area contributed by atoms with Gasteiger partial charge in [-0.1, -0.05) is 26.0 Å². The van der Waals surface area contributed by atoms with Gasteiger partial charge in [0.15, 0.2) is 5.96 Å². The molecule has 6 heteroatoms. The van der Waals surface area contributed by atoms with Crippen LogP contribution in [-0.2, 0) is 11.2 Å². The normalized spacial score (nSPS) is 11.1. The zero-order valence-electron chi connectivity index (χ0n) is 15.3. The van der Waals surface area contributed by atoms with Crippen molar-refractivity contribution >= 4 is 29.9 Å². The lowest BCUT2D eigenvalue weighted by Gasteiger charge is -2.12. The summed E-state index contributed by atoms with van der Waals surface area (Å²) in [4.78, 5) is 4.21. The van der Waals surface area contributed by atoms with Crippen molar-refractivity contribution in [3.05, 3.63) is 29.8 Å². The first-order valence-electron chi connectivity index (χ1n) is 8.31. The van der Waals surface area contributed by atoms with Crippen LogP contribution in [0.1, 0.15) is 25.8 Å². The summed E-state index contributed by atoms with van der Waals surface area (Å²) in [7, 11) is 3.47. The maximum absolute atomic E-state index is 5.58. The van der Waals surface area contributed by atoms with E-state index in [0.29, 0.717) is 12.5 Å². The van der Waals surface area contributed by atoms with Crippen molar-refractivity contribution in [1.82, 2.24) is 10.6 Å². The molecule has 1 rings (SSSR count). The Bertz CT molecular complexity index is 467. The fraction of sp³-hybridized carbons (Fsp3) is 0.611. The second-order valence-corrected chi connectivity index (χ2v) is 5.82. The van der Waals surface area contributed by atoms with E-state index in [-0.39, 0.29) is 24.0 Å². The SMILES string of the molecule is CN=C(NCCOCCC(C)C)NCCc1cccc(OC)c1.I. The molecular weight excluding hydrogens is 417 g/mol. The van der Waals surface area contributed by atoms with Crippen molar-refractivity contribution in [2.45, 2.75) is 26.7 Å². The lowest BCUT2D eigenvalue weighted by atomic mass is 10.1. The van der Waals surface area contributed by atoms with Gasteiger partial charge in [-0.2, -0.15) is 0 Å². The van der Waals surface area contributed by atoms with Crippen LogP contribution in [0.3, 0.4) is 0 Å². The molecule has 0 fully saturated rings. The molecule has 0 aliphatic carbocycles. The lowest BCUT2D eigenvalue weighted by molar-refractivity contribution is 0.128. The summed E-state index contributed by atoms with van der Waals surface area (Å²) >= 11 is 0. The van der Waals surface area contributed by atoms with Crippen LogP contribution in [0.15, 0.2) is 29.3 Å². The Labute approximate surface area is 163 Å². The van der Waals surface area contributed by atoms with Crippen molar-refractivity contribution in [1.29, 1.82) is 0 Å². The van der Waals surface area contributed by atoms with E-state index in [9.17, 15) is 0 Å². The standard InChI is InChI=1S/C18H31N3O2.HI/c1-15(2)9-12-23-13-11-21-18(19-3)20-10-8-16-6-5-7-17(14-16)22-4;/h5-7,14-15H,8-13H2,1-4H3,(H2,19,20,21);1H. The molecule has 0 heterocycles. The number of nitrogens with zero attached hydrogens (tertiary/aromatic N) is 1. The highest BCUT2D eigenvalue weighted by atomic mass is 127. The minimum Gasteiger partial charge on any atom is -0.497 e. The zero-order chi connectivity index (χ0) is 16.9. The summed E-state index contributed by atoms with van der Waals surface area (Å²) in [6.07, 6.45) is 2.02. The summed E-state index contributed by atoms with van der Waals surface area (Å²) in [5.41, 5.74) is 1.24. The molecule has 0 aliphatic rings. The Morgan fingerprint density at radius 1 is 1.17 bits per heavy atom. The molecule has 0 spiro atoms. The van der Waals surface area contributed by atoms with Crippen molar-refractivity contribution in [2.24, 2.45) is 10.9 Å². The summed E-state index contributed by atoms with van der Waals surface area (Å²) in [6, 6.07) is 8.12. The van der Waals surface area contributed by atoms with Gasteiger partial charge >= 0.3 is 0 Å². The molecule has 0 bridgehead atoms. The molecule has 0 aromatic heterocycles. The Kier molecular flexibility index (Phi) is 13.7. The monoisotopic (exact) mass is 449 g/mol. The number of benzene rings is 1. The quantitative estimate of drug-likeness (QED) is 0.250. The van der Waals surface area contributed by atoms with E-state index in [1.54, 1.807) is 14.2 Å². The first-order chi connectivity index (χ1) is 11.2. The predicted octanol–water partition coefficient (Wildman–Crippen LogP) is 3.08. The molecule has 5 nitrogen and oxygen atoms in total. The summed E-state index contributed by atoms with van der Waals surface area (Å²) in [5, 5.41) is 6.56. The van der Waals surface area contributed by atoms with Crippen LogP contribution in [-0.4, -0.2) is 46.4 Å². The minimum absolute atomic E-state index is 0. The van der Waals surface area contributed by atoms with Crippen molar-refractivity contribution in [3.63, 3.8) is 0 Å². The average molecular weight is 449 g/mol. The van der Waals surface area contributed by atoms with E-state index in [1.807, 2.05) is 12.1 Å². The molecule has 0 amide bonds. The number of aliphatic imine (C=N–C) groups is 1. The van der Waals surface area contributed by atoms with E-state index in [4.69, 9.17) is 9.47 Å². The third kappa shape index (κ3) is 10.7. The lowest BCUT2D eigenvalue weighted by Crippen LogP contribution is -2.39. The Morgan fingerprint density at radius 2 is 1.92 bits per heavy atom. The number of ether oxygens (including phenoxy) is 2. The summed E-state index contributed by atoms with van der Waals surface area (Å²) in [5.74, 6) is 2.39. The van der Waals surface area contributed by atoms with Crippen LogP contribution in [0.25, 0.3) is 0 Å². The molecule has 0 saturated carbocycles. The van der Waals surface area contributed by atoms with Gasteiger partial charge in [-0.15, -0.1) is 24.0 Å². The van der Waals surface area contributed by atoms with Crippen LogP contribution in [0.5, 0.6) is 5.75 Å². The topological polar surface area (TPSA) is 54.9 Å². The first kappa shape index (κ1) is 23.0. The van der Waals surface area contributed by atoms with Gasteiger partial charge in [0.25, 0.3) is 0 Å². The smallest absolute Gasteiger partial charge is 0.191 e. The first-order valence-corrected chi connectivity index (χ1v) is 8.31. The van der Waals surface area contributed by atoms with Gasteiger partial charge in [0.2, 0.25) is 0 Å². The van der Waals surface area contributed by atoms with Crippen LogP contribution in [0.2, 0.25) is 0 Å². The molecular formula is C18H32IN3O2. The Balaban J connectivity index is 0.00000529. The largest absolute Gasteiger partial charge is 0.497 e. The molecule has 138 valence electrons. The molecule has 0 unspecified atom stereocenters. The zero-order valence-corrected chi connectivity index (χ0v) is 17.6. The molecule has 0 radical (unpaired) electrons. The van der Waals surface area contributed by atoms with E-state index in [0.717, 1.165) is 44.2 Å². The van der Waals surface area contributed by atoms with Gasteiger partial charge in [-0.05, 0) is 36.5 Å². The fourth-order valence-electron chi connectivity index (χ4n) is 2.04. The molecule has 0 saturated heterocycles. The van der Waals surface area contributed by atoms with Crippen molar-refractivity contribution in [3.8, 4) is 5.75 Å². The third-order valence-corrected chi connectivity index (χ3v) is 3.44. The van der Waals surface area contributed by atoms with Crippen molar-refractivity contribution < 1.29 is 9.47 Å². The minimum atomic E-state index is 0. The highest BCUT2D eigenvalue weighted by Crippen LogP contribution is 2.12. The number of hydrogen-bond acceptors (Lipinski definition) is 3. The van der Waals surface area contributed by atoms with E-state index >= 15 is 0 Å². The fourth-order valence-corrected chi connectivity index (χ4v) is 2.04. The number of nitrogens with one attached hydrogen (secondary N) is 2. The van der Waals surface area contributed by atoms with E-state index < -0.39 is 0 Å². The maximum atomic E-state index is 5.58. The van der Waals surface area contributed by atoms with E-state index in [1.165, 1.54) is 5.56 Å². The summed E-state index contributed by atoms with van der Waals surface area (Å²) < 4.78 is 10.8. The maximum Gasteiger partial charge on any atom is 0.191 e.